The lowest BCUT2D eigenvalue weighted by Crippen LogP contribution is -2.08. The summed E-state index contributed by atoms with van der Waals surface area (Å²) in [7, 11) is 0. The first kappa shape index (κ1) is 14.9. The predicted molar refractivity (Wildman–Crippen MR) is 79.6 cm³/mol. The minimum atomic E-state index is -0.491. The Kier molecular flexibility index (Phi) is 4.42. The zero-order valence-corrected chi connectivity index (χ0v) is 12.1. The molecule has 5 nitrogen and oxygen atoms in total. The number of ether oxygens (including phenoxy) is 1. The summed E-state index contributed by atoms with van der Waals surface area (Å²) >= 11 is 0. The van der Waals surface area contributed by atoms with Gasteiger partial charge in [0.05, 0.1) is 6.42 Å². The Labute approximate surface area is 131 Å². The van der Waals surface area contributed by atoms with E-state index in [-0.39, 0.29) is 24.7 Å². The molecule has 0 aliphatic carbocycles. The summed E-state index contributed by atoms with van der Waals surface area (Å²) < 4.78 is 23.5. The molecule has 2 aromatic carbocycles. The van der Waals surface area contributed by atoms with Crippen LogP contribution in [0.15, 0.2) is 59.0 Å². The van der Waals surface area contributed by atoms with E-state index in [9.17, 15) is 9.18 Å². The SMILES string of the molecule is O=C(Cc1cccc(F)c1)OCc1nnc(-c2ccccc2)o1. The highest BCUT2D eigenvalue weighted by Gasteiger charge is 2.11. The van der Waals surface area contributed by atoms with Crippen molar-refractivity contribution in [2.45, 2.75) is 13.0 Å². The van der Waals surface area contributed by atoms with Crippen molar-refractivity contribution < 1.29 is 18.3 Å². The Morgan fingerprint density at radius 3 is 2.70 bits per heavy atom. The number of halogens is 1. The Morgan fingerprint density at radius 2 is 1.91 bits per heavy atom. The lowest BCUT2D eigenvalue weighted by atomic mass is 10.1. The van der Waals surface area contributed by atoms with Gasteiger partial charge in [-0.3, -0.25) is 4.79 Å². The van der Waals surface area contributed by atoms with Crippen LogP contribution in [0.2, 0.25) is 0 Å². The Morgan fingerprint density at radius 1 is 1.09 bits per heavy atom. The molecule has 0 saturated carbocycles. The molecule has 0 saturated heterocycles. The van der Waals surface area contributed by atoms with Gasteiger partial charge in [-0.05, 0) is 29.8 Å². The fourth-order valence-corrected chi connectivity index (χ4v) is 2.02. The van der Waals surface area contributed by atoms with Crippen molar-refractivity contribution in [1.82, 2.24) is 10.2 Å². The van der Waals surface area contributed by atoms with E-state index in [0.29, 0.717) is 11.5 Å². The predicted octanol–water partition coefficient (Wildman–Crippen LogP) is 3.16. The van der Waals surface area contributed by atoms with E-state index in [2.05, 4.69) is 10.2 Å². The van der Waals surface area contributed by atoms with Crippen LogP contribution in [0.25, 0.3) is 11.5 Å². The molecule has 116 valence electrons. The maximum absolute atomic E-state index is 13.0. The van der Waals surface area contributed by atoms with Crippen molar-refractivity contribution in [3.63, 3.8) is 0 Å². The second-order valence-corrected chi connectivity index (χ2v) is 4.83. The molecular weight excluding hydrogens is 299 g/mol. The van der Waals surface area contributed by atoms with Crippen molar-refractivity contribution in [1.29, 1.82) is 0 Å². The summed E-state index contributed by atoms with van der Waals surface area (Å²) in [5.74, 6) is -0.312. The highest BCUT2D eigenvalue weighted by molar-refractivity contribution is 5.72. The van der Waals surface area contributed by atoms with Crippen molar-refractivity contribution in [2.24, 2.45) is 0 Å². The third-order valence-corrected chi connectivity index (χ3v) is 3.08. The van der Waals surface area contributed by atoms with Gasteiger partial charge in [-0.15, -0.1) is 10.2 Å². The van der Waals surface area contributed by atoms with E-state index in [4.69, 9.17) is 9.15 Å². The molecule has 23 heavy (non-hydrogen) atoms. The number of nitrogens with zero attached hydrogens (tertiary/aromatic N) is 2. The summed E-state index contributed by atoms with van der Waals surface area (Å²) in [4.78, 5) is 11.7. The summed E-state index contributed by atoms with van der Waals surface area (Å²) in [6, 6.07) is 15.1. The molecule has 1 heterocycles. The third-order valence-electron chi connectivity index (χ3n) is 3.08. The molecule has 3 rings (SSSR count). The van der Waals surface area contributed by atoms with E-state index in [1.165, 1.54) is 12.1 Å². The number of carbonyl (C=O) groups is 1. The third kappa shape index (κ3) is 4.00. The Hall–Kier alpha value is -3.02. The molecule has 0 aliphatic heterocycles. The Bertz CT molecular complexity index is 802. The number of esters is 1. The first-order valence-corrected chi connectivity index (χ1v) is 6.98. The van der Waals surface area contributed by atoms with Crippen LogP contribution in [-0.4, -0.2) is 16.2 Å². The maximum atomic E-state index is 13.0. The van der Waals surface area contributed by atoms with E-state index in [1.807, 2.05) is 30.3 Å². The Balaban J connectivity index is 1.56. The number of benzene rings is 2. The zero-order valence-electron chi connectivity index (χ0n) is 12.1. The number of aromatic nitrogens is 2. The number of hydrogen-bond donors (Lipinski definition) is 0. The van der Waals surface area contributed by atoms with Crippen molar-refractivity contribution in [3.05, 3.63) is 71.9 Å². The molecule has 3 aromatic rings. The maximum Gasteiger partial charge on any atom is 0.310 e. The minimum absolute atomic E-state index is 0.0164. The van der Waals surface area contributed by atoms with Gasteiger partial charge < -0.3 is 9.15 Å². The van der Waals surface area contributed by atoms with Crippen LogP contribution in [0, 0.1) is 5.82 Å². The number of rotatable bonds is 5. The van der Waals surface area contributed by atoms with Crippen molar-refractivity contribution in [2.75, 3.05) is 0 Å². The molecule has 0 amide bonds. The van der Waals surface area contributed by atoms with Crippen LogP contribution in [-0.2, 0) is 22.6 Å². The van der Waals surface area contributed by atoms with Crippen molar-refractivity contribution >= 4 is 5.97 Å². The first-order chi connectivity index (χ1) is 11.2. The van der Waals surface area contributed by atoms with E-state index >= 15 is 0 Å². The largest absolute Gasteiger partial charge is 0.455 e. The summed E-state index contributed by atoms with van der Waals surface area (Å²) in [5.41, 5.74) is 1.34. The normalized spacial score (nSPS) is 10.5. The van der Waals surface area contributed by atoms with Gasteiger partial charge in [0.1, 0.15) is 5.82 Å². The van der Waals surface area contributed by atoms with Crippen LogP contribution in [0.3, 0.4) is 0 Å². The second-order valence-electron chi connectivity index (χ2n) is 4.83. The fourth-order valence-electron chi connectivity index (χ4n) is 2.02. The van der Waals surface area contributed by atoms with E-state index in [0.717, 1.165) is 5.56 Å². The molecule has 0 unspecified atom stereocenters. The van der Waals surface area contributed by atoms with Crippen LogP contribution in [0.1, 0.15) is 11.5 Å². The molecule has 0 spiro atoms. The zero-order chi connectivity index (χ0) is 16.1. The molecule has 0 bridgehead atoms. The van der Waals surface area contributed by atoms with Crippen LogP contribution in [0.5, 0.6) is 0 Å². The second kappa shape index (κ2) is 6.83. The molecule has 6 heteroatoms. The molecular formula is C17H13FN2O3. The molecule has 0 fully saturated rings. The monoisotopic (exact) mass is 312 g/mol. The highest BCUT2D eigenvalue weighted by Crippen LogP contribution is 2.17. The van der Waals surface area contributed by atoms with Crippen LogP contribution >= 0.6 is 0 Å². The average Bonchev–Trinajstić information content (AvgIpc) is 3.03. The lowest BCUT2D eigenvalue weighted by molar-refractivity contribution is -0.144. The van der Waals surface area contributed by atoms with Gasteiger partial charge in [0.25, 0.3) is 5.89 Å². The van der Waals surface area contributed by atoms with Gasteiger partial charge in [-0.1, -0.05) is 30.3 Å². The molecule has 1 aromatic heterocycles. The standard InChI is InChI=1S/C17H13FN2O3/c18-14-8-4-5-12(9-14)10-16(21)22-11-15-19-20-17(23-15)13-6-2-1-3-7-13/h1-9H,10-11H2. The quantitative estimate of drug-likeness (QED) is 0.677. The van der Waals surface area contributed by atoms with Gasteiger partial charge in [-0.25, -0.2) is 4.39 Å². The van der Waals surface area contributed by atoms with Gasteiger partial charge in [0, 0.05) is 5.56 Å². The summed E-state index contributed by atoms with van der Waals surface area (Å²) in [5, 5.41) is 7.73. The number of carbonyl (C=O) groups excluding carboxylic acids is 1. The lowest BCUT2D eigenvalue weighted by Gasteiger charge is -2.02. The van der Waals surface area contributed by atoms with E-state index in [1.54, 1.807) is 12.1 Å². The molecule has 0 atom stereocenters. The van der Waals surface area contributed by atoms with Gasteiger partial charge in [0.2, 0.25) is 5.89 Å². The van der Waals surface area contributed by atoms with Gasteiger partial charge in [0.15, 0.2) is 6.61 Å². The minimum Gasteiger partial charge on any atom is -0.455 e. The van der Waals surface area contributed by atoms with Gasteiger partial charge in [-0.2, -0.15) is 0 Å². The smallest absolute Gasteiger partial charge is 0.310 e. The summed E-state index contributed by atoms with van der Waals surface area (Å²) in [6.07, 6.45) is -0.0164. The van der Waals surface area contributed by atoms with Gasteiger partial charge >= 0.3 is 5.97 Å². The average molecular weight is 312 g/mol. The topological polar surface area (TPSA) is 65.2 Å². The fraction of sp³-hybridized carbons (Fsp3) is 0.118. The summed E-state index contributed by atoms with van der Waals surface area (Å²) in [6.45, 7) is -0.117. The molecule has 0 aliphatic rings. The molecule has 0 radical (unpaired) electrons. The van der Waals surface area contributed by atoms with Crippen molar-refractivity contribution in [3.8, 4) is 11.5 Å². The first-order valence-electron chi connectivity index (χ1n) is 6.98. The molecule has 0 N–H and O–H groups in total. The van der Waals surface area contributed by atoms with E-state index < -0.39 is 5.97 Å². The van der Waals surface area contributed by atoms with Crippen LogP contribution in [0.4, 0.5) is 4.39 Å². The van der Waals surface area contributed by atoms with Crippen LogP contribution < -0.4 is 0 Å². The highest BCUT2D eigenvalue weighted by atomic mass is 19.1. The number of hydrogen-bond acceptors (Lipinski definition) is 5.